The van der Waals surface area contributed by atoms with Crippen LogP contribution in [-0.4, -0.2) is 4.98 Å². The summed E-state index contributed by atoms with van der Waals surface area (Å²) in [6, 6.07) is 21.7. The fourth-order valence-electron chi connectivity index (χ4n) is 2.02. The Morgan fingerprint density at radius 2 is 1.61 bits per heavy atom. The predicted octanol–water partition coefficient (Wildman–Crippen LogP) is 3.77. The highest BCUT2D eigenvalue weighted by Crippen LogP contribution is 2.23. The Labute approximate surface area is 105 Å². The molecule has 0 N–H and O–H groups in total. The second kappa shape index (κ2) is 4.31. The Morgan fingerprint density at radius 1 is 0.833 bits per heavy atom. The third-order valence-corrected chi connectivity index (χ3v) is 2.92. The SMILES string of the molecule is N#Cc1ccccc1-c1ccc2ccccc2n1. The lowest BCUT2D eigenvalue weighted by atomic mass is 10.0. The van der Waals surface area contributed by atoms with Gasteiger partial charge >= 0.3 is 0 Å². The van der Waals surface area contributed by atoms with Gasteiger partial charge in [0.05, 0.1) is 22.8 Å². The summed E-state index contributed by atoms with van der Waals surface area (Å²) in [5.74, 6) is 0. The van der Waals surface area contributed by atoms with Crippen molar-refractivity contribution in [3.05, 3.63) is 66.2 Å². The van der Waals surface area contributed by atoms with Crippen molar-refractivity contribution in [2.24, 2.45) is 0 Å². The summed E-state index contributed by atoms with van der Waals surface area (Å²) in [7, 11) is 0. The summed E-state index contributed by atoms with van der Waals surface area (Å²) < 4.78 is 0. The van der Waals surface area contributed by atoms with E-state index in [1.165, 1.54) is 0 Å². The zero-order valence-corrected chi connectivity index (χ0v) is 9.67. The van der Waals surface area contributed by atoms with Gasteiger partial charge in [-0.1, -0.05) is 42.5 Å². The molecule has 0 unspecified atom stereocenters. The maximum atomic E-state index is 9.12. The van der Waals surface area contributed by atoms with Gasteiger partial charge in [0.2, 0.25) is 0 Å². The van der Waals surface area contributed by atoms with Gasteiger partial charge in [0.15, 0.2) is 0 Å². The number of hydrogen-bond acceptors (Lipinski definition) is 2. The van der Waals surface area contributed by atoms with Gasteiger partial charge in [0, 0.05) is 10.9 Å². The minimum absolute atomic E-state index is 0.653. The summed E-state index contributed by atoms with van der Waals surface area (Å²) in [6.45, 7) is 0. The van der Waals surface area contributed by atoms with Crippen LogP contribution in [-0.2, 0) is 0 Å². The van der Waals surface area contributed by atoms with Crippen LogP contribution in [0.15, 0.2) is 60.7 Å². The average Bonchev–Trinajstić information content (AvgIpc) is 2.46. The van der Waals surface area contributed by atoms with Gasteiger partial charge in [0.25, 0.3) is 0 Å². The molecule has 0 aliphatic heterocycles. The number of pyridine rings is 1. The van der Waals surface area contributed by atoms with Crippen molar-refractivity contribution in [1.82, 2.24) is 4.98 Å². The smallest absolute Gasteiger partial charge is 0.0998 e. The normalized spacial score (nSPS) is 10.2. The molecule has 1 heterocycles. The molecule has 18 heavy (non-hydrogen) atoms. The van der Waals surface area contributed by atoms with Crippen molar-refractivity contribution in [2.75, 3.05) is 0 Å². The van der Waals surface area contributed by atoms with E-state index in [9.17, 15) is 0 Å². The average molecular weight is 230 g/mol. The second-order valence-electron chi connectivity index (χ2n) is 4.05. The van der Waals surface area contributed by atoms with E-state index >= 15 is 0 Å². The van der Waals surface area contributed by atoms with E-state index in [-0.39, 0.29) is 0 Å². The number of nitrogens with zero attached hydrogens (tertiary/aromatic N) is 2. The van der Waals surface area contributed by atoms with Crippen LogP contribution in [0.3, 0.4) is 0 Å². The molecule has 0 radical (unpaired) electrons. The number of para-hydroxylation sites is 1. The number of fused-ring (bicyclic) bond motifs is 1. The molecule has 0 bridgehead atoms. The molecule has 0 aliphatic carbocycles. The van der Waals surface area contributed by atoms with Crippen molar-refractivity contribution in [2.45, 2.75) is 0 Å². The summed E-state index contributed by atoms with van der Waals surface area (Å²) in [5.41, 5.74) is 3.32. The molecule has 1 aromatic heterocycles. The number of hydrogen-bond donors (Lipinski definition) is 0. The van der Waals surface area contributed by atoms with E-state index in [0.29, 0.717) is 5.56 Å². The molecular weight excluding hydrogens is 220 g/mol. The third kappa shape index (κ3) is 1.72. The molecule has 0 atom stereocenters. The first-order valence-electron chi connectivity index (χ1n) is 5.74. The summed E-state index contributed by atoms with van der Waals surface area (Å²) >= 11 is 0. The standard InChI is InChI=1S/C16H10N2/c17-11-13-6-1-3-7-14(13)16-10-9-12-5-2-4-8-15(12)18-16/h1-10H. The van der Waals surface area contributed by atoms with Crippen molar-refractivity contribution < 1.29 is 0 Å². The van der Waals surface area contributed by atoms with Crippen LogP contribution < -0.4 is 0 Å². The van der Waals surface area contributed by atoms with Crippen LogP contribution in [0.1, 0.15) is 5.56 Å². The molecule has 0 spiro atoms. The quantitative estimate of drug-likeness (QED) is 0.638. The zero-order valence-electron chi connectivity index (χ0n) is 9.67. The lowest BCUT2D eigenvalue weighted by molar-refractivity contribution is 1.38. The Bertz CT molecular complexity index is 754. The van der Waals surface area contributed by atoms with Gasteiger partial charge in [-0.2, -0.15) is 5.26 Å². The molecule has 84 valence electrons. The van der Waals surface area contributed by atoms with E-state index < -0.39 is 0 Å². The Morgan fingerprint density at radius 3 is 2.50 bits per heavy atom. The lowest BCUT2D eigenvalue weighted by Crippen LogP contribution is -1.88. The van der Waals surface area contributed by atoms with Crippen LogP contribution in [0, 0.1) is 11.3 Å². The topological polar surface area (TPSA) is 36.7 Å². The molecule has 0 saturated carbocycles. The Kier molecular flexibility index (Phi) is 2.51. The number of rotatable bonds is 1. The van der Waals surface area contributed by atoms with E-state index in [1.807, 2.05) is 60.7 Å². The molecule has 0 saturated heterocycles. The molecule has 2 heteroatoms. The number of nitriles is 1. The van der Waals surface area contributed by atoms with Gasteiger partial charge in [-0.15, -0.1) is 0 Å². The van der Waals surface area contributed by atoms with E-state index in [2.05, 4.69) is 11.1 Å². The predicted molar refractivity (Wildman–Crippen MR) is 71.9 cm³/mol. The molecule has 3 rings (SSSR count). The summed E-state index contributed by atoms with van der Waals surface area (Å²) in [4.78, 5) is 4.60. The van der Waals surface area contributed by atoms with Gasteiger partial charge in [-0.05, 0) is 18.2 Å². The molecule has 2 nitrogen and oxygen atoms in total. The van der Waals surface area contributed by atoms with Gasteiger partial charge in [-0.3, -0.25) is 0 Å². The molecule has 0 fully saturated rings. The summed E-state index contributed by atoms with van der Waals surface area (Å²) in [5, 5.41) is 10.2. The van der Waals surface area contributed by atoms with Crippen LogP contribution in [0.5, 0.6) is 0 Å². The largest absolute Gasteiger partial charge is 0.248 e. The maximum Gasteiger partial charge on any atom is 0.0998 e. The number of benzene rings is 2. The molecular formula is C16H10N2. The monoisotopic (exact) mass is 230 g/mol. The first-order valence-corrected chi connectivity index (χ1v) is 5.74. The Hall–Kier alpha value is -2.66. The highest BCUT2D eigenvalue weighted by atomic mass is 14.7. The van der Waals surface area contributed by atoms with Crippen LogP contribution in [0.2, 0.25) is 0 Å². The first-order chi connectivity index (χ1) is 8.88. The molecule has 2 aromatic carbocycles. The Balaban J connectivity index is 2.23. The van der Waals surface area contributed by atoms with Crippen molar-refractivity contribution in [3.8, 4) is 17.3 Å². The first kappa shape index (κ1) is 10.5. The minimum Gasteiger partial charge on any atom is -0.248 e. The van der Waals surface area contributed by atoms with E-state index in [0.717, 1.165) is 22.2 Å². The molecule has 3 aromatic rings. The summed E-state index contributed by atoms with van der Waals surface area (Å²) in [6.07, 6.45) is 0. The number of aromatic nitrogens is 1. The molecule has 0 amide bonds. The lowest BCUT2D eigenvalue weighted by Gasteiger charge is -2.04. The minimum atomic E-state index is 0.653. The maximum absolute atomic E-state index is 9.12. The highest BCUT2D eigenvalue weighted by Gasteiger charge is 2.05. The van der Waals surface area contributed by atoms with Crippen LogP contribution >= 0.6 is 0 Å². The highest BCUT2D eigenvalue weighted by molar-refractivity contribution is 5.82. The van der Waals surface area contributed by atoms with Crippen LogP contribution in [0.25, 0.3) is 22.2 Å². The zero-order chi connectivity index (χ0) is 12.4. The van der Waals surface area contributed by atoms with Crippen molar-refractivity contribution >= 4 is 10.9 Å². The van der Waals surface area contributed by atoms with Gasteiger partial charge < -0.3 is 0 Å². The fourth-order valence-corrected chi connectivity index (χ4v) is 2.02. The van der Waals surface area contributed by atoms with Crippen molar-refractivity contribution in [1.29, 1.82) is 5.26 Å². The van der Waals surface area contributed by atoms with Gasteiger partial charge in [-0.25, -0.2) is 4.98 Å². The second-order valence-corrected chi connectivity index (χ2v) is 4.05. The van der Waals surface area contributed by atoms with E-state index in [4.69, 9.17) is 5.26 Å². The van der Waals surface area contributed by atoms with E-state index in [1.54, 1.807) is 0 Å². The fraction of sp³-hybridized carbons (Fsp3) is 0. The van der Waals surface area contributed by atoms with Crippen molar-refractivity contribution in [3.63, 3.8) is 0 Å². The van der Waals surface area contributed by atoms with Crippen LogP contribution in [0.4, 0.5) is 0 Å². The molecule has 0 aliphatic rings. The third-order valence-electron chi connectivity index (χ3n) is 2.92. The van der Waals surface area contributed by atoms with Gasteiger partial charge in [0.1, 0.15) is 0 Å².